The summed E-state index contributed by atoms with van der Waals surface area (Å²) in [6, 6.07) is 11.5. The fourth-order valence-electron chi connectivity index (χ4n) is 2.40. The zero-order chi connectivity index (χ0) is 16.4. The molecule has 0 radical (unpaired) electrons. The van der Waals surface area contributed by atoms with Crippen molar-refractivity contribution in [2.45, 2.75) is 0 Å². The third kappa shape index (κ3) is 2.57. The number of ether oxygens (including phenoxy) is 2. The Hall–Kier alpha value is -3.08. The lowest BCUT2D eigenvalue weighted by Gasteiger charge is -2.10. The molecule has 3 aromatic rings. The van der Waals surface area contributed by atoms with Crippen molar-refractivity contribution in [1.82, 2.24) is 0 Å². The molecule has 0 atom stereocenters. The van der Waals surface area contributed by atoms with Gasteiger partial charge in [-0.3, -0.25) is 9.59 Å². The van der Waals surface area contributed by atoms with Crippen molar-refractivity contribution in [1.29, 1.82) is 0 Å². The monoisotopic (exact) mass is 310 g/mol. The van der Waals surface area contributed by atoms with Crippen LogP contribution in [0.4, 0.5) is 0 Å². The van der Waals surface area contributed by atoms with Crippen LogP contribution in [-0.4, -0.2) is 20.5 Å². The Balaban J connectivity index is 2.26. The SMILES string of the molecule is COc1ccc2c(=O)cc(-c3ccc(C=O)cc3)oc2c1OC. The van der Waals surface area contributed by atoms with Crippen LogP contribution in [0.15, 0.2) is 51.7 Å². The number of hydrogen-bond acceptors (Lipinski definition) is 5. The lowest BCUT2D eigenvalue weighted by Crippen LogP contribution is -2.02. The van der Waals surface area contributed by atoms with Gasteiger partial charge in [0.1, 0.15) is 12.0 Å². The maximum Gasteiger partial charge on any atom is 0.204 e. The molecule has 0 aliphatic heterocycles. The Morgan fingerprint density at radius 1 is 1.00 bits per heavy atom. The average Bonchev–Trinajstić information content (AvgIpc) is 2.60. The van der Waals surface area contributed by atoms with Gasteiger partial charge in [-0.15, -0.1) is 0 Å². The Bertz CT molecular complexity index is 923. The predicted molar refractivity (Wildman–Crippen MR) is 86.4 cm³/mol. The highest BCUT2D eigenvalue weighted by Gasteiger charge is 2.15. The molecule has 0 fully saturated rings. The van der Waals surface area contributed by atoms with Gasteiger partial charge in [0.2, 0.25) is 5.75 Å². The van der Waals surface area contributed by atoms with Gasteiger partial charge in [-0.25, -0.2) is 0 Å². The van der Waals surface area contributed by atoms with Crippen molar-refractivity contribution in [2.75, 3.05) is 14.2 Å². The quantitative estimate of drug-likeness (QED) is 0.692. The van der Waals surface area contributed by atoms with Crippen LogP contribution in [0.5, 0.6) is 11.5 Å². The molecular formula is C18H14O5. The molecule has 1 heterocycles. The summed E-state index contributed by atoms with van der Waals surface area (Å²) in [6.07, 6.45) is 0.758. The molecule has 5 nitrogen and oxygen atoms in total. The van der Waals surface area contributed by atoms with Gasteiger partial charge in [-0.2, -0.15) is 0 Å². The maximum absolute atomic E-state index is 12.4. The summed E-state index contributed by atoms with van der Waals surface area (Å²) in [5.41, 5.74) is 1.39. The first kappa shape index (κ1) is 14.8. The molecule has 0 amide bonds. The normalized spacial score (nSPS) is 10.5. The number of benzene rings is 2. The standard InChI is InChI=1S/C18H14O5/c1-21-15-8-7-13-14(20)9-16(23-17(13)18(15)22-2)12-5-3-11(10-19)4-6-12/h3-10H,1-2H3. The predicted octanol–water partition coefficient (Wildman–Crippen LogP) is 3.29. The van der Waals surface area contributed by atoms with Crippen LogP contribution in [0.2, 0.25) is 0 Å². The molecule has 23 heavy (non-hydrogen) atoms. The van der Waals surface area contributed by atoms with Gasteiger partial charge in [0.15, 0.2) is 16.8 Å². The smallest absolute Gasteiger partial charge is 0.204 e. The molecule has 3 rings (SSSR count). The summed E-state index contributed by atoms with van der Waals surface area (Å²) in [6.45, 7) is 0. The van der Waals surface area contributed by atoms with Crippen molar-refractivity contribution in [3.63, 3.8) is 0 Å². The number of carbonyl (C=O) groups excluding carboxylic acids is 1. The summed E-state index contributed by atoms with van der Waals surface area (Å²) in [5, 5.41) is 0.413. The van der Waals surface area contributed by atoms with E-state index in [9.17, 15) is 9.59 Å². The minimum atomic E-state index is -0.179. The molecule has 0 unspecified atom stereocenters. The van der Waals surface area contributed by atoms with Crippen molar-refractivity contribution in [3.05, 3.63) is 58.3 Å². The first-order valence-electron chi connectivity index (χ1n) is 6.92. The summed E-state index contributed by atoms with van der Waals surface area (Å²) < 4.78 is 16.4. The zero-order valence-corrected chi connectivity index (χ0v) is 12.7. The number of carbonyl (C=O) groups is 1. The number of hydrogen-bond donors (Lipinski definition) is 0. The first-order valence-corrected chi connectivity index (χ1v) is 6.92. The molecule has 0 saturated carbocycles. The van der Waals surface area contributed by atoms with Gasteiger partial charge in [0.25, 0.3) is 0 Å². The van der Waals surface area contributed by atoms with Crippen LogP contribution < -0.4 is 14.9 Å². The van der Waals surface area contributed by atoms with Crippen LogP contribution in [0.25, 0.3) is 22.3 Å². The fourth-order valence-corrected chi connectivity index (χ4v) is 2.40. The lowest BCUT2D eigenvalue weighted by molar-refractivity contribution is 0.112. The Morgan fingerprint density at radius 3 is 2.35 bits per heavy atom. The van der Waals surface area contributed by atoms with Crippen LogP contribution >= 0.6 is 0 Å². The number of fused-ring (bicyclic) bond motifs is 1. The van der Waals surface area contributed by atoms with E-state index in [0.29, 0.717) is 39.4 Å². The van der Waals surface area contributed by atoms with Gasteiger partial charge in [-0.05, 0) is 12.1 Å². The molecule has 116 valence electrons. The van der Waals surface area contributed by atoms with E-state index in [2.05, 4.69) is 0 Å². The van der Waals surface area contributed by atoms with E-state index >= 15 is 0 Å². The number of aldehydes is 1. The van der Waals surface area contributed by atoms with E-state index in [1.807, 2.05) is 0 Å². The van der Waals surface area contributed by atoms with Crippen LogP contribution in [-0.2, 0) is 0 Å². The molecule has 5 heteroatoms. The first-order chi connectivity index (χ1) is 11.2. The minimum absolute atomic E-state index is 0.179. The Morgan fingerprint density at radius 2 is 1.74 bits per heavy atom. The van der Waals surface area contributed by atoms with E-state index in [4.69, 9.17) is 13.9 Å². The number of methoxy groups -OCH3 is 2. The average molecular weight is 310 g/mol. The summed E-state index contributed by atoms with van der Waals surface area (Å²) >= 11 is 0. The third-order valence-corrected chi connectivity index (χ3v) is 3.57. The van der Waals surface area contributed by atoms with Gasteiger partial charge in [-0.1, -0.05) is 24.3 Å². The van der Waals surface area contributed by atoms with Crippen molar-refractivity contribution < 1.29 is 18.7 Å². The molecule has 0 saturated heterocycles. The van der Waals surface area contributed by atoms with E-state index < -0.39 is 0 Å². The van der Waals surface area contributed by atoms with Gasteiger partial charge in [0.05, 0.1) is 19.6 Å². The molecule has 2 aromatic carbocycles. The molecule has 1 aromatic heterocycles. The second-order valence-corrected chi connectivity index (χ2v) is 4.89. The van der Waals surface area contributed by atoms with E-state index in [0.717, 1.165) is 6.29 Å². The topological polar surface area (TPSA) is 65.7 Å². The molecule has 0 bridgehead atoms. The molecule has 0 spiro atoms. The van der Waals surface area contributed by atoms with E-state index in [1.54, 1.807) is 36.4 Å². The van der Waals surface area contributed by atoms with Crippen LogP contribution in [0.1, 0.15) is 10.4 Å². The van der Waals surface area contributed by atoms with Crippen molar-refractivity contribution in [2.24, 2.45) is 0 Å². The highest BCUT2D eigenvalue weighted by atomic mass is 16.5. The summed E-state index contributed by atoms with van der Waals surface area (Å²) in [7, 11) is 3.01. The molecule has 0 N–H and O–H groups in total. The van der Waals surface area contributed by atoms with Crippen LogP contribution in [0, 0.1) is 0 Å². The minimum Gasteiger partial charge on any atom is -0.493 e. The second kappa shape index (κ2) is 5.96. The Kier molecular flexibility index (Phi) is 3.85. The van der Waals surface area contributed by atoms with Gasteiger partial charge < -0.3 is 13.9 Å². The highest BCUT2D eigenvalue weighted by molar-refractivity contribution is 5.86. The second-order valence-electron chi connectivity index (χ2n) is 4.89. The van der Waals surface area contributed by atoms with Crippen LogP contribution in [0.3, 0.4) is 0 Å². The molecular weight excluding hydrogens is 296 g/mol. The maximum atomic E-state index is 12.4. The molecule has 0 aliphatic rings. The lowest BCUT2D eigenvalue weighted by atomic mass is 10.1. The van der Waals surface area contributed by atoms with Gasteiger partial charge in [0, 0.05) is 17.2 Å². The van der Waals surface area contributed by atoms with E-state index in [-0.39, 0.29) is 5.43 Å². The molecule has 0 aliphatic carbocycles. The van der Waals surface area contributed by atoms with Gasteiger partial charge >= 0.3 is 0 Å². The zero-order valence-electron chi connectivity index (χ0n) is 12.7. The van der Waals surface area contributed by atoms with E-state index in [1.165, 1.54) is 20.3 Å². The summed E-state index contributed by atoms with van der Waals surface area (Å²) in [4.78, 5) is 23.1. The summed E-state index contributed by atoms with van der Waals surface area (Å²) in [5.74, 6) is 1.25. The van der Waals surface area contributed by atoms with Crippen molar-refractivity contribution in [3.8, 4) is 22.8 Å². The largest absolute Gasteiger partial charge is 0.493 e. The fraction of sp³-hybridized carbons (Fsp3) is 0.111. The highest BCUT2D eigenvalue weighted by Crippen LogP contribution is 2.35. The third-order valence-electron chi connectivity index (χ3n) is 3.57. The Labute approximate surface area is 132 Å². The van der Waals surface area contributed by atoms with Crippen molar-refractivity contribution >= 4 is 17.3 Å². The number of rotatable bonds is 4.